The molecule has 0 bridgehead atoms. The van der Waals surface area contributed by atoms with E-state index in [-0.39, 0.29) is 5.92 Å². The van der Waals surface area contributed by atoms with Gasteiger partial charge in [0, 0.05) is 21.7 Å². The van der Waals surface area contributed by atoms with Gasteiger partial charge < -0.3 is 10.8 Å². The van der Waals surface area contributed by atoms with Gasteiger partial charge >= 0.3 is 0 Å². The third-order valence-electron chi connectivity index (χ3n) is 3.75. The summed E-state index contributed by atoms with van der Waals surface area (Å²) in [6.07, 6.45) is -0.0845. The molecule has 112 valence electrons. The second-order valence-corrected chi connectivity index (χ2v) is 6.13. The van der Waals surface area contributed by atoms with Crippen molar-refractivity contribution in [3.8, 4) is 0 Å². The lowest BCUT2D eigenvalue weighted by atomic mass is 9.88. The van der Waals surface area contributed by atoms with Crippen molar-refractivity contribution in [2.75, 3.05) is 0 Å². The molecule has 0 spiro atoms. The Labute approximate surface area is 135 Å². The summed E-state index contributed by atoms with van der Waals surface area (Å²) < 4.78 is 0. The molecule has 0 fully saturated rings. The molecule has 0 amide bonds. The molecule has 0 saturated heterocycles. The standard InChI is InChI=1S/C17H19Cl2NO/c1-11(10-12-6-2-4-8-14(12)18)16(20)17(21)13-7-3-5-9-15(13)19/h2-9,11,16-17,21H,10,20H2,1H3/t11?,16-,17-/m1/s1. The van der Waals surface area contributed by atoms with Crippen molar-refractivity contribution in [1.82, 2.24) is 0 Å². The van der Waals surface area contributed by atoms with E-state index in [9.17, 15) is 5.11 Å². The van der Waals surface area contributed by atoms with Crippen LogP contribution in [-0.2, 0) is 6.42 Å². The minimum Gasteiger partial charge on any atom is -0.387 e. The number of aliphatic hydroxyl groups is 1. The van der Waals surface area contributed by atoms with E-state index >= 15 is 0 Å². The number of hydrogen-bond acceptors (Lipinski definition) is 2. The smallest absolute Gasteiger partial charge is 0.0957 e. The number of benzene rings is 2. The van der Waals surface area contributed by atoms with Crippen LogP contribution < -0.4 is 5.73 Å². The molecular weight excluding hydrogens is 305 g/mol. The molecule has 4 heteroatoms. The monoisotopic (exact) mass is 323 g/mol. The third kappa shape index (κ3) is 3.98. The first-order chi connectivity index (χ1) is 10.0. The lowest BCUT2D eigenvalue weighted by Crippen LogP contribution is -2.36. The van der Waals surface area contributed by atoms with E-state index in [0.717, 1.165) is 10.6 Å². The van der Waals surface area contributed by atoms with Crippen LogP contribution in [0.3, 0.4) is 0 Å². The highest BCUT2D eigenvalue weighted by atomic mass is 35.5. The fourth-order valence-corrected chi connectivity index (χ4v) is 2.84. The summed E-state index contributed by atoms with van der Waals surface area (Å²) >= 11 is 12.3. The van der Waals surface area contributed by atoms with Crippen LogP contribution in [0.25, 0.3) is 0 Å². The maximum Gasteiger partial charge on any atom is 0.0957 e. The second kappa shape index (κ2) is 7.28. The van der Waals surface area contributed by atoms with Crippen molar-refractivity contribution in [3.05, 3.63) is 69.7 Å². The molecule has 2 rings (SSSR count). The van der Waals surface area contributed by atoms with Crippen LogP contribution >= 0.6 is 23.2 Å². The van der Waals surface area contributed by atoms with Gasteiger partial charge in [0.05, 0.1) is 6.10 Å². The van der Waals surface area contributed by atoms with E-state index in [1.165, 1.54) is 0 Å². The summed E-state index contributed by atoms with van der Waals surface area (Å²) in [4.78, 5) is 0. The Balaban J connectivity index is 2.10. The topological polar surface area (TPSA) is 46.2 Å². The number of halogens is 2. The van der Waals surface area contributed by atoms with Crippen LogP contribution in [0.2, 0.25) is 10.0 Å². The maximum atomic E-state index is 10.4. The minimum atomic E-state index is -0.795. The van der Waals surface area contributed by atoms with Crippen LogP contribution in [0.5, 0.6) is 0 Å². The summed E-state index contributed by atoms with van der Waals surface area (Å²) in [5.74, 6) is 0.0659. The SMILES string of the molecule is CC(Cc1ccccc1Cl)[C@@H](N)[C@H](O)c1ccccc1Cl. The summed E-state index contributed by atoms with van der Waals surface area (Å²) in [5.41, 5.74) is 7.91. The average Bonchev–Trinajstić information content (AvgIpc) is 2.48. The van der Waals surface area contributed by atoms with Crippen molar-refractivity contribution in [1.29, 1.82) is 0 Å². The van der Waals surface area contributed by atoms with Gasteiger partial charge in [-0.2, -0.15) is 0 Å². The Morgan fingerprint density at radius 3 is 2.19 bits per heavy atom. The van der Waals surface area contributed by atoms with Crippen molar-refractivity contribution in [2.24, 2.45) is 11.7 Å². The van der Waals surface area contributed by atoms with E-state index in [1.54, 1.807) is 12.1 Å². The molecule has 2 nitrogen and oxygen atoms in total. The van der Waals surface area contributed by atoms with Gasteiger partial charge in [-0.1, -0.05) is 66.5 Å². The molecule has 0 saturated carbocycles. The van der Waals surface area contributed by atoms with Crippen LogP contribution in [0.15, 0.2) is 48.5 Å². The molecule has 21 heavy (non-hydrogen) atoms. The molecular formula is C17H19Cl2NO. The van der Waals surface area contributed by atoms with Crippen molar-refractivity contribution >= 4 is 23.2 Å². The zero-order valence-electron chi connectivity index (χ0n) is 11.8. The predicted octanol–water partition coefficient (Wildman–Crippen LogP) is 4.23. The molecule has 0 aliphatic heterocycles. The number of rotatable bonds is 5. The molecule has 0 aliphatic carbocycles. The first kappa shape index (κ1) is 16.3. The second-order valence-electron chi connectivity index (χ2n) is 5.32. The van der Waals surface area contributed by atoms with Gasteiger partial charge in [-0.05, 0) is 30.0 Å². The Hall–Kier alpha value is -1.06. The van der Waals surface area contributed by atoms with E-state index in [4.69, 9.17) is 28.9 Å². The molecule has 3 N–H and O–H groups in total. The van der Waals surface area contributed by atoms with Crippen LogP contribution in [0, 0.1) is 5.92 Å². The van der Waals surface area contributed by atoms with Crippen LogP contribution in [0.1, 0.15) is 24.2 Å². The zero-order chi connectivity index (χ0) is 15.4. The van der Waals surface area contributed by atoms with Crippen molar-refractivity contribution in [2.45, 2.75) is 25.5 Å². The van der Waals surface area contributed by atoms with E-state index in [1.807, 2.05) is 43.3 Å². The highest BCUT2D eigenvalue weighted by molar-refractivity contribution is 6.31. The quantitative estimate of drug-likeness (QED) is 0.864. The predicted molar refractivity (Wildman–Crippen MR) is 88.7 cm³/mol. The lowest BCUT2D eigenvalue weighted by molar-refractivity contribution is 0.121. The first-order valence-electron chi connectivity index (χ1n) is 6.92. The molecule has 2 aromatic carbocycles. The molecule has 1 unspecified atom stereocenters. The van der Waals surface area contributed by atoms with E-state index in [2.05, 4.69) is 0 Å². The Morgan fingerprint density at radius 1 is 1.00 bits per heavy atom. The minimum absolute atomic E-state index is 0.0659. The average molecular weight is 324 g/mol. The summed E-state index contributed by atoms with van der Waals surface area (Å²) in [7, 11) is 0. The van der Waals surface area contributed by atoms with Gasteiger partial charge in [-0.3, -0.25) is 0 Å². The molecule has 2 aromatic rings. The van der Waals surface area contributed by atoms with Gasteiger partial charge in [0.2, 0.25) is 0 Å². The van der Waals surface area contributed by atoms with Crippen molar-refractivity contribution < 1.29 is 5.11 Å². The van der Waals surface area contributed by atoms with Gasteiger partial charge in [0.25, 0.3) is 0 Å². The fraction of sp³-hybridized carbons (Fsp3) is 0.294. The Bertz CT molecular complexity index is 603. The lowest BCUT2D eigenvalue weighted by Gasteiger charge is -2.26. The molecule has 0 radical (unpaired) electrons. The molecule has 0 heterocycles. The zero-order valence-corrected chi connectivity index (χ0v) is 13.4. The molecule has 3 atom stereocenters. The number of aliphatic hydroxyl groups excluding tert-OH is 1. The van der Waals surface area contributed by atoms with Crippen molar-refractivity contribution in [3.63, 3.8) is 0 Å². The highest BCUT2D eigenvalue weighted by Gasteiger charge is 2.25. The summed E-state index contributed by atoms with van der Waals surface area (Å²) in [6, 6.07) is 14.5. The summed E-state index contributed by atoms with van der Waals surface area (Å²) in [5, 5.41) is 11.7. The Morgan fingerprint density at radius 2 is 1.57 bits per heavy atom. The number of hydrogen-bond donors (Lipinski definition) is 2. The van der Waals surface area contributed by atoms with Gasteiger partial charge in [0.1, 0.15) is 0 Å². The van der Waals surface area contributed by atoms with E-state index in [0.29, 0.717) is 17.0 Å². The normalized spacial score (nSPS) is 15.5. The van der Waals surface area contributed by atoms with Gasteiger partial charge in [0.15, 0.2) is 0 Å². The first-order valence-corrected chi connectivity index (χ1v) is 7.67. The van der Waals surface area contributed by atoms with E-state index < -0.39 is 12.1 Å². The van der Waals surface area contributed by atoms with Gasteiger partial charge in [-0.25, -0.2) is 0 Å². The van der Waals surface area contributed by atoms with Crippen LogP contribution in [-0.4, -0.2) is 11.1 Å². The molecule has 0 aliphatic rings. The van der Waals surface area contributed by atoms with Gasteiger partial charge in [-0.15, -0.1) is 0 Å². The maximum absolute atomic E-state index is 10.4. The Kier molecular flexibility index (Phi) is 5.65. The highest BCUT2D eigenvalue weighted by Crippen LogP contribution is 2.29. The van der Waals surface area contributed by atoms with Crippen LogP contribution in [0.4, 0.5) is 0 Å². The third-order valence-corrected chi connectivity index (χ3v) is 4.46. The summed E-state index contributed by atoms with van der Waals surface area (Å²) in [6.45, 7) is 2.01. The largest absolute Gasteiger partial charge is 0.387 e. The molecule has 0 aromatic heterocycles. The fourth-order valence-electron chi connectivity index (χ4n) is 2.38. The number of nitrogens with two attached hydrogens (primary N) is 1.